The van der Waals surface area contributed by atoms with Crippen molar-refractivity contribution in [2.45, 2.75) is 13.0 Å². The van der Waals surface area contributed by atoms with Gasteiger partial charge in [-0.05, 0) is 36.3 Å². The van der Waals surface area contributed by atoms with Crippen molar-refractivity contribution in [3.63, 3.8) is 0 Å². The Hall–Kier alpha value is -3.15. The summed E-state index contributed by atoms with van der Waals surface area (Å²) in [5.41, 5.74) is 1.59. The molecule has 0 radical (unpaired) electrons. The maximum Gasteiger partial charge on any atom is 0.270 e. The zero-order valence-corrected chi connectivity index (χ0v) is 14.4. The van der Waals surface area contributed by atoms with Crippen LogP contribution in [0.5, 0.6) is 5.75 Å². The van der Waals surface area contributed by atoms with Crippen molar-refractivity contribution >= 4 is 17.7 Å². The lowest BCUT2D eigenvalue weighted by molar-refractivity contribution is -0.384. The molecule has 0 aliphatic heterocycles. The largest absolute Gasteiger partial charge is 0.497 e. The molecule has 0 heterocycles. The second kappa shape index (κ2) is 8.10. The fourth-order valence-electron chi connectivity index (χ4n) is 2.32. The van der Waals surface area contributed by atoms with E-state index in [4.69, 9.17) is 4.74 Å². The molecule has 2 rings (SSSR count). The minimum Gasteiger partial charge on any atom is -0.497 e. The van der Waals surface area contributed by atoms with Gasteiger partial charge in [0.05, 0.1) is 18.1 Å². The molecule has 1 atom stereocenters. The minimum atomic E-state index is -0.461. The smallest absolute Gasteiger partial charge is 0.270 e. The molecule has 0 saturated carbocycles. The molecule has 0 N–H and O–H groups in total. The zero-order valence-electron chi connectivity index (χ0n) is 14.4. The normalized spacial score (nSPS) is 12.0. The number of amides is 1. The lowest BCUT2D eigenvalue weighted by Crippen LogP contribution is -2.27. The first-order chi connectivity index (χ1) is 11.9. The highest BCUT2D eigenvalue weighted by Crippen LogP contribution is 2.22. The average Bonchev–Trinajstić information content (AvgIpc) is 2.65. The van der Waals surface area contributed by atoms with Crippen molar-refractivity contribution in [1.82, 2.24) is 4.90 Å². The summed E-state index contributed by atoms with van der Waals surface area (Å²) in [6.45, 7) is 1.93. The Bertz CT molecular complexity index is 784. The van der Waals surface area contributed by atoms with Gasteiger partial charge in [0.1, 0.15) is 5.75 Å². The molecule has 0 saturated heterocycles. The van der Waals surface area contributed by atoms with Crippen LogP contribution in [0.4, 0.5) is 5.69 Å². The van der Waals surface area contributed by atoms with E-state index in [0.717, 1.165) is 11.3 Å². The molecule has 2 aromatic carbocycles. The molecule has 6 heteroatoms. The van der Waals surface area contributed by atoms with Crippen molar-refractivity contribution in [2.75, 3.05) is 14.2 Å². The van der Waals surface area contributed by atoms with Gasteiger partial charge in [-0.25, -0.2) is 0 Å². The average molecular weight is 340 g/mol. The Morgan fingerprint density at radius 3 is 2.52 bits per heavy atom. The number of methoxy groups -OCH3 is 1. The van der Waals surface area contributed by atoms with Gasteiger partial charge in [0.25, 0.3) is 5.69 Å². The van der Waals surface area contributed by atoms with Crippen molar-refractivity contribution in [1.29, 1.82) is 0 Å². The maximum atomic E-state index is 12.4. The Balaban J connectivity index is 2.08. The van der Waals surface area contributed by atoms with Gasteiger partial charge >= 0.3 is 0 Å². The number of likely N-dealkylation sites (N-methyl/N-ethyl adjacent to an activating group) is 1. The number of nitrogens with zero attached hydrogens (tertiary/aromatic N) is 2. The van der Waals surface area contributed by atoms with Crippen LogP contribution in [0.3, 0.4) is 0 Å². The molecule has 0 fully saturated rings. The number of benzene rings is 2. The number of rotatable bonds is 6. The number of carbonyl (C=O) groups is 1. The minimum absolute atomic E-state index is 0.00504. The van der Waals surface area contributed by atoms with Crippen molar-refractivity contribution in [3.05, 3.63) is 75.8 Å². The number of non-ortho nitro benzene ring substituents is 1. The third kappa shape index (κ3) is 4.67. The highest BCUT2D eigenvalue weighted by molar-refractivity contribution is 5.92. The summed E-state index contributed by atoms with van der Waals surface area (Å²) in [5, 5.41) is 10.8. The van der Waals surface area contributed by atoms with E-state index >= 15 is 0 Å². The van der Waals surface area contributed by atoms with Crippen LogP contribution in [0.2, 0.25) is 0 Å². The van der Waals surface area contributed by atoms with E-state index in [1.807, 2.05) is 31.2 Å². The van der Waals surface area contributed by atoms with E-state index in [2.05, 4.69) is 0 Å². The quantitative estimate of drug-likeness (QED) is 0.455. The van der Waals surface area contributed by atoms with Crippen LogP contribution in [0.15, 0.2) is 54.6 Å². The summed E-state index contributed by atoms with van der Waals surface area (Å²) in [6.07, 6.45) is 2.99. The molecule has 1 unspecified atom stereocenters. The highest BCUT2D eigenvalue weighted by atomic mass is 16.6. The number of nitro groups is 1. The monoisotopic (exact) mass is 340 g/mol. The van der Waals surface area contributed by atoms with Gasteiger partial charge in [-0.1, -0.05) is 24.3 Å². The van der Waals surface area contributed by atoms with Crippen LogP contribution in [0.25, 0.3) is 6.08 Å². The van der Waals surface area contributed by atoms with Crippen LogP contribution in [-0.2, 0) is 4.79 Å². The number of hydrogen-bond donors (Lipinski definition) is 0. The van der Waals surface area contributed by atoms with Crippen molar-refractivity contribution < 1.29 is 14.5 Å². The summed E-state index contributed by atoms with van der Waals surface area (Å²) in [4.78, 5) is 24.3. The van der Waals surface area contributed by atoms with Crippen molar-refractivity contribution in [3.8, 4) is 5.75 Å². The molecule has 0 aliphatic rings. The standard InChI is InChI=1S/C19H20N2O4/c1-14(16-8-10-18(25-3)11-9-16)20(2)19(22)12-7-15-5-4-6-17(13-15)21(23)24/h4-14H,1-3H3/b12-7+. The van der Waals surface area contributed by atoms with Crippen LogP contribution >= 0.6 is 0 Å². The predicted molar refractivity (Wildman–Crippen MR) is 96.3 cm³/mol. The van der Waals surface area contributed by atoms with E-state index in [1.165, 1.54) is 18.2 Å². The molecular formula is C19H20N2O4. The van der Waals surface area contributed by atoms with Gasteiger partial charge < -0.3 is 9.64 Å². The van der Waals surface area contributed by atoms with E-state index in [9.17, 15) is 14.9 Å². The van der Waals surface area contributed by atoms with Gasteiger partial charge in [-0.15, -0.1) is 0 Å². The van der Waals surface area contributed by atoms with Crippen LogP contribution in [-0.4, -0.2) is 29.9 Å². The van der Waals surface area contributed by atoms with Gasteiger partial charge in [0.15, 0.2) is 0 Å². The molecule has 0 spiro atoms. The molecule has 25 heavy (non-hydrogen) atoms. The lowest BCUT2D eigenvalue weighted by atomic mass is 10.1. The van der Waals surface area contributed by atoms with Gasteiger partial charge in [-0.2, -0.15) is 0 Å². The fraction of sp³-hybridized carbons (Fsp3) is 0.211. The van der Waals surface area contributed by atoms with E-state index in [1.54, 1.807) is 37.3 Å². The van der Waals surface area contributed by atoms with Crippen LogP contribution in [0.1, 0.15) is 24.1 Å². The van der Waals surface area contributed by atoms with Crippen LogP contribution < -0.4 is 4.74 Å². The Kier molecular flexibility index (Phi) is 5.89. The molecule has 6 nitrogen and oxygen atoms in total. The number of ether oxygens (including phenoxy) is 1. The number of hydrogen-bond acceptors (Lipinski definition) is 4. The highest BCUT2D eigenvalue weighted by Gasteiger charge is 2.15. The third-order valence-electron chi connectivity index (χ3n) is 4.03. The second-order valence-electron chi connectivity index (χ2n) is 5.58. The first kappa shape index (κ1) is 18.2. The summed E-state index contributed by atoms with van der Waals surface area (Å²) < 4.78 is 5.13. The van der Waals surface area contributed by atoms with Gasteiger partial charge in [-0.3, -0.25) is 14.9 Å². The summed E-state index contributed by atoms with van der Waals surface area (Å²) >= 11 is 0. The summed E-state index contributed by atoms with van der Waals surface area (Å²) in [5.74, 6) is 0.574. The van der Waals surface area contributed by atoms with E-state index in [-0.39, 0.29) is 17.6 Å². The van der Waals surface area contributed by atoms with Gasteiger partial charge in [0, 0.05) is 25.3 Å². The van der Waals surface area contributed by atoms with Crippen molar-refractivity contribution in [2.24, 2.45) is 0 Å². The predicted octanol–water partition coefficient (Wildman–Crippen LogP) is 3.84. The number of carbonyl (C=O) groups excluding carboxylic acids is 1. The molecular weight excluding hydrogens is 320 g/mol. The molecule has 1 amide bonds. The summed E-state index contributed by atoms with van der Waals surface area (Å²) in [6, 6.07) is 13.6. The molecule has 0 bridgehead atoms. The lowest BCUT2D eigenvalue weighted by Gasteiger charge is -2.24. The second-order valence-corrected chi connectivity index (χ2v) is 5.58. The maximum absolute atomic E-state index is 12.4. The summed E-state index contributed by atoms with van der Waals surface area (Å²) in [7, 11) is 3.32. The van der Waals surface area contributed by atoms with Crippen LogP contribution in [0, 0.1) is 10.1 Å². The Labute approximate surface area is 146 Å². The van der Waals surface area contributed by atoms with E-state index in [0.29, 0.717) is 5.56 Å². The third-order valence-corrected chi connectivity index (χ3v) is 4.03. The topological polar surface area (TPSA) is 72.7 Å². The molecule has 0 aromatic heterocycles. The molecule has 0 aliphatic carbocycles. The molecule has 130 valence electrons. The zero-order chi connectivity index (χ0) is 18.4. The Morgan fingerprint density at radius 1 is 1.24 bits per heavy atom. The van der Waals surface area contributed by atoms with E-state index < -0.39 is 4.92 Å². The fourth-order valence-corrected chi connectivity index (χ4v) is 2.32. The first-order valence-electron chi connectivity index (χ1n) is 7.75. The number of nitro benzene ring substituents is 1. The molecule has 2 aromatic rings. The van der Waals surface area contributed by atoms with Gasteiger partial charge in [0.2, 0.25) is 5.91 Å². The first-order valence-corrected chi connectivity index (χ1v) is 7.75. The SMILES string of the molecule is COc1ccc(C(C)N(C)C(=O)/C=C/c2cccc([N+](=O)[O-])c2)cc1. The Morgan fingerprint density at radius 2 is 1.92 bits per heavy atom.